The summed E-state index contributed by atoms with van der Waals surface area (Å²) in [6.45, 7) is 2.02. The quantitative estimate of drug-likeness (QED) is 0.365. The number of aliphatic hydroxyl groups is 1. The van der Waals surface area contributed by atoms with Crippen molar-refractivity contribution in [2.45, 2.75) is 88.3 Å². The number of aliphatic hydroxyl groups excluding tert-OH is 1. The second kappa shape index (κ2) is 10.3. The molecule has 2 atom stereocenters. The Morgan fingerprint density at radius 3 is 2.49 bits per heavy atom. The van der Waals surface area contributed by atoms with Crippen molar-refractivity contribution in [3.05, 3.63) is 35.9 Å². The summed E-state index contributed by atoms with van der Waals surface area (Å²) in [7, 11) is 0. The van der Waals surface area contributed by atoms with E-state index in [2.05, 4.69) is 5.32 Å². The lowest BCUT2D eigenvalue weighted by Gasteiger charge is -2.57. The van der Waals surface area contributed by atoms with Gasteiger partial charge >= 0.3 is 0 Å². The monoisotopic (exact) mass is 512 g/mol. The van der Waals surface area contributed by atoms with Gasteiger partial charge in [0, 0.05) is 57.2 Å². The fourth-order valence-electron chi connectivity index (χ4n) is 7.80. The van der Waals surface area contributed by atoms with Crippen LogP contribution in [-0.4, -0.2) is 53.0 Å². The van der Waals surface area contributed by atoms with Crippen molar-refractivity contribution in [2.24, 2.45) is 23.7 Å². The second-order valence-corrected chi connectivity index (χ2v) is 12.0. The number of rotatable bonds is 10. The molecule has 4 saturated carbocycles. The number of hydrogen-bond donors (Lipinski definition) is 2. The van der Waals surface area contributed by atoms with E-state index in [0.29, 0.717) is 37.8 Å². The molecule has 1 spiro atoms. The zero-order valence-electron chi connectivity index (χ0n) is 21.6. The van der Waals surface area contributed by atoms with Crippen LogP contribution in [0.25, 0.3) is 0 Å². The first-order chi connectivity index (χ1) is 17.9. The molecule has 4 bridgehead atoms. The lowest BCUT2D eigenvalue weighted by molar-refractivity contribution is -0.390. The van der Waals surface area contributed by atoms with Crippen molar-refractivity contribution in [1.29, 1.82) is 0 Å². The molecule has 2 unspecified atom stereocenters. The lowest BCUT2D eigenvalue weighted by Crippen LogP contribution is -2.59. The SMILES string of the molecule is O=C(CCC1(CC(O)c2ccccc2)OOC2(O1)C1CC3CC(C1)CC2C3)NCCCN1CCCC1=O. The van der Waals surface area contributed by atoms with E-state index in [1.54, 1.807) is 0 Å². The van der Waals surface area contributed by atoms with Crippen molar-refractivity contribution in [3.8, 4) is 0 Å². The minimum atomic E-state index is -1.18. The van der Waals surface area contributed by atoms with Crippen LogP contribution >= 0.6 is 0 Å². The van der Waals surface area contributed by atoms with Gasteiger partial charge in [0.1, 0.15) is 0 Å². The maximum atomic E-state index is 12.8. The third-order valence-corrected chi connectivity index (χ3v) is 9.47. The number of amides is 2. The fraction of sp³-hybridized carbons (Fsp3) is 0.724. The zero-order valence-corrected chi connectivity index (χ0v) is 21.6. The van der Waals surface area contributed by atoms with Gasteiger partial charge in [0.15, 0.2) is 0 Å². The number of likely N-dealkylation sites (tertiary alicyclic amines) is 1. The summed E-state index contributed by atoms with van der Waals surface area (Å²) in [5.74, 6) is 0.313. The predicted molar refractivity (Wildman–Crippen MR) is 134 cm³/mol. The van der Waals surface area contributed by atoms with Crippen molar-refractivity contribution in [2.75, 3.05) is 19.6 Å². The highest BCUT2D eigenvalue weighted by Gasteiger charge is 2.66. The molecule has 0 radical (unpaired) electrons. The third-order valence-electron chi connectivity index (χ3n) is 9.47. The number of benzene rings is 1. The highest BCUT2D eigenvalue weighted by atomic mass is 17.3. The summed E-state index contributed by atoms with van der Waals surface area (Å²) >= 11 is 0. The van der Waals surface area contributed by atoms with Gasteiger partial charge in [-0.15, -0.1) is 0 Å². The van der Waals surface area contributed by atoms with Crippen LogP contribution in [0, 0.1) is 23.7 Å². The molecule has 2 saturated heterocycles. The maximum Gasteiger partial charge on any atom is 0.222 e. The van der Waals surface area contributed by atoms with Crippen molar-refractivity contribution < 1.29 is 29.2 Å². The van der Waals surface area contributed by atoms with E-state index in [0.717, 1.165) is 62.5 Å². The van der Waals surface area contributed by atoms with E-state index in [4.69, 9.17) is 14.5 Å². The zero-order chi connectivity index (χ0) is 25.5. The van der Waals surface area contributed by atoms with Crippen LogP contribution in [0.1, 0.15) is 82.3 Å². The number of carbonyl (C=O) groups is 2. The summed E-state index contributed by atoms with van der Waals surface area (Å²) in [4.78, 5) is 38.6. The highest BCUT2D eigenvalue weighted by molar-refractivity contribution is 5.78. The molecule has 1 aromatic rings. The molecule has 2 N–H and O–H groups in total. The Balaban J connectivity index is 1.10. The smallest absolute Gasteiger partial charge is 0.222 e. The van der Waals surface area contributed by atoms with Gasteiger partial charge in [-0.3, -0.25) is 9.59 Å². The topological polar surface area (TPSA) is 97.3 Å². The first-order valence-corrected chi connectivity index (χ1v) is 14.3. The molecule has 2 amide bonds. The fourth-order valence-corrected chi connectivity index (χ4v) is 7.80. The minimum Gasteiger partial charge on any atom is -0.388 e. The average Bonchev–Trinajstić information content (AvgIpc) is 3.48. The highest BCUT2D eigenvalue weighted by Crippen LogP contribution is 2.63. The van der Waals surface area contributed by atoms with E-state index in [1.165, 1.54) is 6.42 Å². The molecule has 0 aromatic heterocycles. The Labute approximate surface area is 218 Å². The molecule has 8 nitrogen and oxygen atoms in total. The van der Waals surface area contributed by atoms with E-state index in [1.807, 2.05) is 35.2 Å². The summed E-state index contributed by atoms with van der Waals surface area (Å²) in [6, 6.07) is 9.52. The first kappa shape index (κ1) is 25.3. The van der Waals surface area contributed by atoms with Gasteiger partial charge in [0.05, 0.1) is 6.10 Å². The number of nitrogens with zero attached hydrogens (tertiary/aromatic N) is 1. The van der Waals surface area contributed by atoms with E-state index >= 15 is 0 Å². The van der Waals surface area contributed by atoms with Gasteiger partial charge in [-0.25, -0.2) is 0 Å². The summed E-state index contributed by atoms with van der Waals surface area (Å²) in [5.41, 5.74) is 0.793. The molecule has 1 aromatic carbocycles. The molecule has 7 rings (SSSR count). The van der Waals surface area contributed by atoms with E-state index in [9.17, 15) is 14.7 Å². The summed E-state index contributed by atoms with van der Waals surface area (Å²) in [5, 5.41) is 14.1. The standard InChI is InChI=1S/C29H40N2O6/c32-25(22-6-2-1-3-7-22)19-28(10-9-26(33)30-11-5-13-31-12-4-8-27(31)34)35-29(37-36-28)23-15-20-14-21(17-23)18-24(29)16-20/h1-3,6-7,20-21,23-25,32H,4-5,8-19H2,(H,30,33). The number of ether oxygens (including phenoxy) is 1. The van der Waals surface area contributed by atoms with Gasteiger partial charge in [-0.05, 0) is 62.3 Å². The van der Waals surface area contributed by atoms with E-state index < -0.39 is 17.7 Å². The molecule has 37 heavy (non-hydrogen) atoms. The van der Waals surface area contributed by atoms with Crippen LogP contribution < -0.4 is 5.32 Å². The molecule has 2 heterocycles. The Hall–Kier alpha value is -2.00. The Bertz CT molecular complexity index is 958. The third kappa shape index (κ3) is 5.05. The van der Waals surface area contributed by atoms with Crippen LogP contribution in [0.4, 0.5) is 0 Å². The Morgan fingerprint density at radius 2 is 1.81 bits per heavy atom. The molecule has 2 aliphatic heterocycles. The van der Waals surface area contributed by atoms with Crippen molar-refractivity contribution in [3.63, 3.8) is 0 Å². The van der Waals surface area contributed by atoms with E-state index in [-0.39, 0.29) is 24.7 Å². The first-order valence-electron chi connectivity index (χ1n) is 14.3. The second-order valence-electron chi connectivity index (χ2n) is 12.0. The Kier molecular flexibility index (Phi) is 7.03. The van der Waals surface area contributed by atoms with Crippen LogP contribution in [0.5, 0.6) is 0 Å². The minimum absolute atomic E-state index is 0.0837. The molecule has 4 aliphatic carbocycles. The predicted octanol–water partition coefficient (Wildman–Crippen LogP) is 3.85. The van der Waals surface area contributed by atoms with Crippen molar-refractivity contribution >= 4 is 11.8 Å². The van der Waals surface area contributed by atoms with Gasteiger partial charge in [-0.2, -0.15) is 9.78 Å². The molecular formula is C29H40N2O6. The van der Waals surface area contributed by atoms with Crippen LogP contribution in [0.2, 0.25) is 0 Å². The number of hydrogen-bond acceptors (Lipinski definition) is 6. The number of carbonyl (C=O) groups excluding carboxylic acids is 2. The Morgan fingerprint density at radius 1 is 1.08 bits per heavy atom. The van der Waals surface area contributed by atoms with Crippen LogP contribution in [0.3, 0.4) is 0 Å². The molecule has 6 aliphatic rings. The summed E-state index contributed by atoms with van der Waals surface area (Å²) in [6.07, 6.45) is 7.97. The van der Waals surface area contributed by atoms with Gasteiger partial charge in [0.25, 0.3) is 0 Å². The maximum absolute atomic E-state index is 12.8. The largest absolute Gasteiger partial charge is 0.388 e. The molecule has 6 fully saturated rings. The van der Waals surface area contributed by atoms with Gasteiger partial charge < -0.3 is 20.1 Å². The van der Waals surface area contributed by atoms with Gasteiger partial charge in [0.2, 0.25) is 23.4 Å². The van der Waals surface area contributed by atoms with Crippen molar-refractivity contribution in [1.82, 2.24) is 10.2 Å². The number of nitrogens with one attached hydrogen (secondary N) is 1. The summed E-state index contributed by atoms with van der Waals surface area (Å²) < 4.78 is 6.83. The molecule has 8 heteroatoms. The average molecular weight is 513 g/mol. The van der Waals surface area contributed by atoms with Crippen LogP contribution in [0.15, 0.2) is 30.3 Å². The lowest BCUT2D eigenvalue weighted by atomic mass is 9.53. The molecule has 202 valence electrons. The normalized spacial score (nSPS) is 37.0. The van der Waals surface area contributed by atoms with Gasteiger partial charge in [-0.1, -0.05) is 30.3 Å². The molecular weight excluding hydrogens is 472 g/mol. The van der Waals surface area contributed by atoms with Crippen LogP contribution in [-0.2, 0) is 24.1 Å².